The molecule has 2 fully saturated rings. The van der Waals surface area contributed by atoms with Crippen molar-refractivity contribution in [3.8, 4) is 0 Å². The van der Waals surface area contributed by atoms with Crippen molar-refractivity contribution < 1.29 is 0 Å². The zero-order valence-electron chi connectivity index (χ0n) is 10.4. The molecule has 0 aromatic heterocycles. The Hall–Kier alpha value is 0.130. The van der Waals surface area contributed by atoms with E-state index in [4.69, 9.17) is 15.7 Å². The number of hydrogen-bond acceptors (Lipinski definition) is 0. The predicted octanol–water partition coefficient (Wildman–Crippen LogP) is 3.31. The molecule has 2 aliphatic carbocycles. The van der Waals surface area contributed by atoms with Crippen LogP contribution in [0.4, 0.5) is 0 Å². The first-order chi connectivity index (χ1) is 6.81. The summed E-state index contributed by atoms with van der Waals surface area (Å²) in [7, 11) is 12.6. The minimum Gasteiger partial charge on any atom is -0.0940 e. The van der Waals surface area contributed by atoms with Gasteiger partial charge in [-0.25, -0.2) is 0 Å². The summed E-state index contributed by atoms with van der Waals surface area (Å²) in [5.41, 5.74) is 0.00896. The fourth-order valence-electron chi connectivity index (χ4n) is 3.42. The Morgan fingerprint density at radius 3 is 1.67 bits per heavy atom. The summed E-state index contributed by atoms with van der Waals surface area (Å²) >= 11 is 0. The first kappa shape index (κ1) is 11.6. The fourth-order valence-corrected chi connectivity index (χ4v) is 3.42. The number of fused-ring (bicyclic) bond motifs is 2. The second-order valence-corrected chi connectivity index (χ2v) is 6.83. The molecular formula is C13H22B2. The lowest BCUT2D eigenvalue weighted by molar-refractivity contribution is 0.258. The van der Waals surface area contributed by atoms with Crippen LogP contribution in [-0.4, -0.2) is 15.7 Å². The molecule has 2 aliphatic rings. The average Bonchev–Trinajstić information content (AvgIpc) is 2.62. The summed E-state index contributed by atoms with van der Waals surface area (Å²) in [6.45, 7) is 6.47. The molecule has 2 heteroatoms. The molecule has 0 spiro atoms. The van der Waals surface area contributed by atoms with Gasteiger partial charge in [0.15, 0.2) is 0 Å². The van der Waals surface area contributed by atoms with Crippen molar-refractivity contribution in [3.05, 3.63) is 0 Å². The molecule has 2 rings (SSSR count). The highest BCUT2D eigenvalue weighted by molar-refractivity contribution is 6.40. The van der Waals surface area contributed by atoms with Crippen molar-refractivity contribution in [1.29, 1.82) is 0 Å². The molecule has 4 radical (unpaired) electrons. The van der Waals surface area contributed by atoms with Gasteiger partial charge in [-0.1, -0.05) is 32.4 Å². The van der Waals surface area contributed by atoms with Crippen LogP contribution < -0.4 is 0 Å². The lowest BCUT2D eigenvalue weighted by atomic mass is 9.40. The highest BCUT2D eigenvalue weighted by atomic mass is 14.5. The van der Waals surface area contributed by atoms with Crippen LogP contribution in [0, 0.1) is 23.2 Å². The van der Waals surface area contributed by atoms with E-state index in [1.807, 2.05) is 0 Å². The van der Waals surface area contributed by atoms with Gasteiger partial charge in [0.1, 0.15) is 0 Å². The maximum atomic E-state index is 6.30. The second kappa shape index (κ2) is 3.57. The van der Waals surface area contributed by atoms with E-state index in [1.54, 1.807) is 0 Å². The van der Waals surface area contributed by atoms with Crippen LogP contribution >= 0.6 is 0 Å². The van der Waals surface area contributed by atoms with E-state index in [0.29, 0.717) is 0 Å². The molecule has 0 atom stereocenters. The highest BCUT2D eigenvalue weighted by Gasteiger charge is 2.45. The van der Waals surface area contributed by atoms with Crippen LogP contribution in [0.2, 0.25) is 5.21 Å². The topological polar surface area (TPSA) is 0 Å². The van der Waals surface area contributed by atoms with Crippen molar-refractivity contribution >= 4 is 15.7 Å². The summed E-state index contributed by atoms with van der Waals surface area (Å²) in [6, 6.07) is 0. The molecule has 0 nitrogen and oxygen atoms in total. The van der Waals surface area contributed by atoms with Crippen molar-refractivity contribution in [2.45, 2.75) is 58.1 Å². The van der Waals surface area contributed by atoms with Crippen LogP contribution in [0.15, 0.2) is 0 Å². The van der Waals surface area contributed by atoms with Gasteiger partial charge in [0.2, 0.25) is 0 Å². The molecule has 0 N–H and O–H groups in total. The molecule has 0 aromatic rings. The van der Waals surface area contributed by atoms with Crippen molar-refractivity contribution in [3.63, 3.8) is 0 Å². The van der Waals surface area contributed by atoms with Gasteiger partial charge in [-0.15, -0.1) is 0 Å². The zero-order valence-corrected chi connectivity index (χ0v) is 10.4. The number of rotatable bonds is 2. The Morgan fingerprint density at radius 2 is 1.33 bits per heavy atom. The van der Waals surface area contributed by atoms with Crippen LogP contribution in [-0.2, 0) is 0 Å². The van der Waals surface area contributed by atoms with E-state index in [2.05, 4.69) is 20.8 Å². The Balaban J connectivity index is 2.03. The fraction of sp³-hybridized carbons (Fsp3) is 1.00. The van der Waals surface area contributed by atoms with E-state index < -0.39 is 5.21 Å². The van der Waals surface area contributed by atoms with Gasteiger partial charge in [0.05, 0.1) is 15.7 Å². The minimum absolute atomic E-state index is 0.00896. The van der Waals surface area contributed by atoms with Gasteiger partial charge in [-0.3, -0.25) is 0 Å². The lowest BCUT2D eigenvalue weighted by Crippen LogP contribution is -2.33. The summed E-state index contributed by atoms with van der Waals surface area (Å²) in [5.74, 6) is 2.69. The van der Waals surface area contributed by atoms with E-state index in [-0.39, 0.29) is 5.41 Å². The van der Waals surface area contributed by atoms with E-state index in [0.717, 1.165) is 24.2 Å². The standard InChI is InChI=1S/C13H22B2/c1-12(2,3)13(14,15)8-11-9-4-5-10(11)7-6-9/h9-11H,4-8H2,1-3H3. The van der Waals surface area contributed by atoms with Gasteiger partial charge in [-0.2, -0.15) is 0 Å². The first-order valence-electron chi connectivity index (χ1n) is 6.39. The van der Waals surface area contributed by atoms with Gasteiger partial charge >= 0.3 is 0 Å². The van der Waals surface area contributed by atoms with Crippen LogP contribution in [0.1, 0.15) is 52.9 Å². The SMILES string of the molecule is [B]C([B])(CC1C2CCC1CC2)C(C)(C)C. The predicted molar refractivity (Wildman–Crippen MR) is 67.2 cm³/mol. The molecule has 80 valence electrons. The van der Waals surface area contributed by atoms with E-state index >= 15 is 0 Å². The summed E-state index contributed by atoms with van der Waals surface area (Å²) in [4.78, 5) is 0. The zero-order chi connectivity index (χ0) is 11.3. The van der Waals surface area contributed by atoms with Crippen molar-refractivity contribution in [2.75, 3.05) is 0 Å². The average molecular weight is 200 g/mol. The third-order valence-electron chi connectivity index (χ3n) is 5.00. The van der Waals surface area contributed by atoms with Gasteiger partial charge in [0.25, 0.3) is 0 Å². The lowest BCUT2D eigenvalue weighted by Gasteiger charge is -2.43. The molecule has 0 heterocycles. The maximum absolute atomic E-state index is 6.30. The number of hydrogen-bond donors (Lipinski definition) is 0. The normalized spacial score (nSPS) is 36.1. The van der Waals surface area contributed by atoms with Crippen molar-refractivity contribution in [2.24, 2.45) is 23.2 Å². The Labute approximate surface area is 97.4 Å². The Morgan fingerprint density at radius 1 is 0.933 bits per heavy atom. The molecule has 0 aromatic carbocycles. The van der Waals surface area contributed by atoms with Gasteiger partial charge in [-0.05, 0) is 48.9 Å². The minimum atomic E-state index is -0.497. The first-order valence-corrected chi connectivity index (χ1v) is 6.39. The third-order valence-corrected chi connectivity index (χ3v) is 5.00. The Bertz CT molecular complexity index is 219. The van der Waals surface area contributed by atoms with Crippen LogP contribution in [0.5, 0.6) is 0 Å². The smallest absolute Gasteiger partial charge is 0.0627 e. The molecule has 2 saturated carbocycles. The summed E-state index contributed by atoms with van der Waals surface area (Å²) < 4.78 is 0. The van der Waals surface area contributed by atoms with Gasteiger partial charge in [0, 0.05) is 0 Å². The highest BCUT2D eigenvalue weighted by Crippen LogP contribution is 2.56. The van der Waals surface area contributed by atoms with Crippen molar-refractivity contribution in [1.82, 2.24) is 0 Å². The molecule has 0 aliphatic heterocycles. The van der Waals surface area contributed by atoms with Crippen LogP contribution in [0.25, 0.3) is 0 Å². The third kappa shape index (κ3) is 2.01. The van der Waals surface area contributed by atoms with Crippen LogP contribution in [0.3, 0.4) is 0 Å². The molecule has 0 amide bonds. The summed E-state index contributed by atoms with van der Waals surface area (Å²) in [5, 5.41) is -0.497. The largest absolute Gasteiger partial charge is 0.0940 e. The second-order valence-electron chi connectivity index (χ2n) is 6.83. The molecule has 15 heavy (non-hydrogen) atoms. The molecule has 2 bridgehead atoms. The molecular weight excluding hydrogens is 178 g/mol. The quantitative estimate of drug-likeness (QED) is 0.599. The summed E-state index contributed by atoms with van der Waals surface area (Å²) in [6.07, 6.45) is 6.72. The Kier molecular flexibility index (Phi) is 2.76. The van der Waals surface area contributed by atoms with E-state index in [9.17, 15) is 0 Å². The molecule has 0 unspecified atom stereocenters. The van der Waals surface area contributed by atoms with E-state index in [1.165, 1.54) is 25.7 Å². The van der Waals surface area contributed by atoms with Gasteiger partial charge < -0.3 is 0 Å². The monoisotopic (exact) mass is 200 g/mol. The molecule has 0 saturated heterocycles. The maximum Gasteiger partial charge on any atom is 0.0627 e.